The van der Waals surface area contributed by atoms with Crippen molar-refractivity contribution < 1.29 is 31.5 Å². The summed E-state index contributed by atoms with van der Waals surface area (Å²) in [6, 6.07) is 4.97. The maximum absolute atomic E-state index is 13.2. The Hall–Kier alpha value is -2.09. The fraction of sp³-hybridized carbons (Fsp3) is 0.188. The van der Waals surface area contributed by atoms with E-state index in [0.717, 1.165) is 18.2 Å². The van der Waals surface area contributed by atoms with Crippen LogP contribution in [0.1, 0.15) is 22.3 Å². The molecular formula is C16H9F5O2S. The van der Waals surface area contributed by atoms with Crippen molar-refractivity contribution in [2.45, 2.75) is 23.2 Å². The Morgan fingerprint density at radius 2 is 1.67 bits per heavy atom. The maximum Gasteiger partial charge on any atom is 0.446 e. The van der Waals surface area contributed by atoms with E-state index < -0.39 is 22.9 Å². The summed E-state index contributed by atoms with van der Waals surface area (Å²) in [5, 5.41) is 0. The number of benzene rings is 2. The molecule has 0 unspecified atom stereocenters. The molecule has 0 aromatic heterocycles. The van der Waals surface area contributed by atoms with Crippen LogP contribution in [0.5, 0.6) is 11.5 Å². The minimum atomic E-state index is -4.52. The highest BCUT2D eigenvalue weighted by Gasteiger charge is 2.35. The van der Waals surface area contributed by atoms with E-state index in [1.165, 1.54) is 6.07 Å². The Bertz CT molecular complexity index is 797. The van der Waals surface area contributed by atoms with Gasteiger partial charge in [0.1, 0.15) is 23.1 Å². The number of thioether (sulfide) groups is 1. The van der Waals surface area contributed by atoms with E-state index in [4.69, 9.17) is 4.74 Å². The number of hydrogen-bond acceptors (Lipinski definition) is 3. The molecule has 1 aliphatic carbocycles. The van der Waals surface area contributed by atoms with E-state index in [2.05, 4.69) is 0 Å². The number of alkyl halides is 3. The molecule has 0 bridgehead atoms. The van der Waals surface area contributed by atoms with Crippen molar-refractivity contribution in [3.63, 3.8) is 0 Å². The predicted octanol–water partition coefficient (Wildman–Crippen LogP) is 5.50. The Morgan fingerprint density at radius 3 is 2.29 bits per heavy atom. The Balaban J connectivity index is 2.00. The van der Waals surface area contributed by atoms with Gasteiger partial charge in [-0.1, -0.05) is 0 Å². The molecule has 0 aliphatic heterocycles. The summed E-state index contributed by atoms with van der Waals surface area (Å²) < 4.78 is 69.7. The first-order valence-corrected chi connectivity index (χ1v) is 7.63. The monoisotopic (exact) mass is 360 g/mol. The first-order chi connectivity index (χ1) is 11.2. The highest BCUT2D eigenvalue weighted by atomic mass is 32.2. The van der Waals surface area contributed by atoms with Crippen LogP contribution >= 0.6 is 11.8 Å². The Morgan fingerprint density at radius 1 is 1.00 bits per heavy atom. The molecular weight excluding hydrogens is 351 g/mol. The van der Waals surface area contributed by atoms with E-state index in [0.29, 0.717) is 11.6 Å². The van der Waals surface area contributed by atoms with E-state index in [1.807, 2.05) is 0 Å². The van der Waals surface area contributed by atoms with Gasteiger partial charge >= 0.3 is 5.51 Å². The standard InChI is InChI=1S/C16H9F5O2S/c17-8-5-9(18)7-10(6-8)23-13-3-4-14(24-16(19,20)21)15-11(13)1-2-12(15)22/h3-7H,1-2H2. The summed E-state index contributed by atoms with van der Waals surface area (Å²) in [7, 11) is 0. The van der Waals surface area contributed by atoms with Crippen LogP contribution in [-0.4, -0.2) is 11.3 Å². The van der Waals surface area contributed by atoms with Crippen LogP contribution in [0.15, 0.2) is 35.2 Å². The molecule has 3 rings (SSSR count). The van der Waals surface area contributed by atoms with Gasteiger partial charge in [-0.25, -0.2) is 8.78 Å². The molecule has 0 atom stereocenters. The summed E-state index contributed by atoms with van der Waals surface area (Å²) in [6.45, 7) is 0. The molecule has 0 spiro atoms. The summed E-state index contributed by atoms with van der Waals surface area (Å²) in [4.78, 5) is 11.7. The minimum absolute atomic E-state index is 0.0355. The molecule has 0 heterocycles. The second kappa shape index (κ2) is 6.08. The zero-order valence-corrected chi connectivity index (χ0v) is 12.7. The van der Waals surface area contributed by atoms with Crippen molar-refractivity contribution in [2.24, 2.45) is 0 Å². The number of ketones is 1. The summed E-state index contributed by atoms with van der Waals surface area (Å²) in [5.74, 6) is -2.12. The van der Waals surface area contributed by atoms with Gasteiger partial charge in [-0.05, 0) is 30.3 Å². The second-order valence-corrected chi connectivity index (χ2v) is 6.20. The Kier molecular flexibility index (Phi) is 4.25. The van der Waals surface area contributed by atoms with Crippen LogP contribution in [-0.2, 0) is 6.42 Å². The van der Waals surface area contributed by atoms with Gasteiger partial charge in [-0.15, -0.1) is 0 Å². The van der Waals surface area contributed by atoms with E-state index in [1.54, 1.807) is 0 Å². The molecule has 2 aromatic rings. The van der Waals surface area contributed by atoms with Crippen LogP contribution in [0.25, 0.3) is 0 Å². The smallest absolute Gasteiger partial charge is 0.446 e. The molecule has 0 N–H and O–H groups in total. The number of ether oxygens (including phenoxy) is 1. The van der Waals surface area contributed by atoms with E-state index in [9.17, 15) is 26.7 Å². The van der Waals surface area contributed by atoms with Crippen molar-refractivity contribution >= 4 is 17.5 Å². The van der Waals surface area contributed by atoms with Crippen LogP contribution in [0, 0.1) is 11.6 Å². The van der Waals surface area contributed by atoms with Crippen molar-refractivity contribution in [3.8, 4) is 11.5 Å². The summed E-state index contributed by atoms with van der Waals surface area (Å²) >= 11 is -0.367. The zero-order chi connectivity index (χ0) is 17.5. The fourth-order valence-corrected chi connectivity index (χ4v) is 3.27. The van der Waals surface area contributed by atoms with Crippen molar-refractivity contribution in [1.82, 2.24) is 0 Å². The molecule has 0 amide bonds. The minimum Gasteiger partial charge on any atom is -0.457 e. The summed E-state index contributed by atoms with van der Waals surface area (Å²) in [6.07, 6.45) is 0.284. The third-order valence-corrected chi connectivity index (χ3v) is 4.19. The first kappa shape index (κ1) is 16.8. The normalized spacial score (nSPS) is 14.0. The lowest BCUT2D eigenvalue weighted by atomic mass is 10.1. The lowest BCUT2D eigenvalue weighted by Crippen LogP contribution is -2.04. The maximum atomic E-state index is 13.2. The lowest BCUT2D eigenvalue weighted by molar-refractivity contribution is -0.0328. The second-order valence-electron chi connectivity index (χ2n) is 5.09. The van der Waals surface area contributed by atoms with Gasteiger partial charge in [-0.3, -0.25) is 4.79 Å². The third kappa shape index (κ3) is 3.53. The number of halogens is 5. The molecule has 0 saturated heterocycles. The number of Topliss-reactive ketones (excluding diaryl/α,β-unsaturated/α-hetero) is 1. The number of carbonyl (C=O) groups excluding carboxylic acids is 1. The summed E-state index contributed by atoms with van der Waals surface area (Å²) in [5.41, 5.74) is -4.24. The Labute approximate surface area is 137 Å². The van der Waals surface area contributed by atoms with Crippen molar-refractivity contribution in [1.29, 1.82) is 0 Å². The first-order valence-electron chi connectivity index (χ1n) is 6.82. The quantitative estimate of drug-likeness (QED) is 0.534. The average molecular weight is 360 g/mol. The molecule has 1 aliphatic rings. The van der Waals surface area contributed by atoms with E-state index in [-0.39, 0.29) is 46.6 Å². The van der Waals surface area contributed by atoms with Gasteiger partial charge in [0.2, 0.25) is 0 Å². The average Bonchev–Trinajstić information content (AvgIpc) is 2.82. The van der Waals surface area contributed by atoms with Crippen molar-refractivity contribution in [2.75, 3.05) is 0 Å². The molecule has 0 radical (unpaired) electrons. The topological polar surface area (TPSA) is 26.3 Å². The van der Waals surface area contributed by atoms with Gasteiger partial charge < -0.3 is 4.74 Å². The predicted molar refractivity (Wildman–Crippen MR) is 77.4 cm³/mol. The van der Waals surface area contributed by atoms with Crippen LogP contribution in [0.4, 0.5) is 22.0 Å². The largest absolute Gasteiger partial charge is 0.457 e. The fourth-order valence-electron chi connectivity index (χ4n) is 2.54. The molecule has 0 saturated carbocycles. The van der Waals surface area contributed by atoms with Gasteiger partial charge in [-0.2, -0.15) is 13.2 Å². The highest BCUT2D eigenvalue weighted by molar-refractivity contribution is 8.00. The number of carbonyl (C=O) groups is 1. The van der Waals surface area contributed by atoms with Gasteiger partial charge in [0.15, 0.2) is 5.78 Å². The number of fused-ring (bicyclic) bond motifs is 1. The highest BCUT2D eigenvalue weighted by Crippen LogP contribution is 2.44. The van der Waals surface area contributed by atoms with E-state index >= 15 is 0 Å². The van der Waals surface area contributed by atoms with Gasteiger partial charge in [0.25, 0.3) is 0 Å². The third-order valence-electron chi connectivity index (χ3n) is 3.40. The molecule has 126 valence electrons. The molecule has 2 aromatic carbocycles. The number of rotatable bonds is 3. The number of hydrogen-bond donors (Lipinski definition) is 0. The SMILES string of the molecule is O=C1CCc2c(Oc3cc(F)cc(F)c3)ccc(SC(F)(F)F)c21. The van der Waals surface area contributed by atoms with Gasteiger partial charge in [0, 0.05) is 40.6 Å². The van der Waals surface area contributed by atoms with Crippen LogP contribution in [0.3, 0.4) is 0 Å². The van der Waals surface area contributed by atoms with Crippen LogP contribution in [0.2, 0.25) is 0 Å². The van der Waals surface area contributed by atoms with Gasteiger partial charge in [0.05, 0.1) is 0 Å². The zero-order valence-electron chi connectivity index (χ0n) is 11.9. The molecule has 8 heteroatoms. The van der Waals surface area contributed by atoms with Crippen LogP contribution < -0.4 is 4.74 Å². The molecule has 24 heavy (non-hydrogen) atoms. The van der Waals surface area contributed by atoms with Crippen molar-refractivity contribution in [3.05, 3.63) is 53.1 Å². The molecule has 0 fully saturated rings. The molecule has 2 nitrogen and oxygen atoms in total. The lowest BCUT2D eigenvalue weighted by Gasteiger charge is -2.14.